The summed E-state index contributed by atoms with van der Waals surface area (Å²) in [6.07, 6.45) is 0. The number of halogens is 2. The zero-order valence-electron chi connectivity index (χ0n) is 16.8. The van der Waals surface area contributed by atoms with Crippen molar-refractivity contribution in [3.63, 3.8) is 0 Å². The highest BCUT2D eigenvalue weighted by molar-refractivity contribution is 7.98. The lowest BCUT2D eigenvalue weighted by Crippen LogP contribution is -2.21. The lowest BCUT2D eigenvalue weighted by atomic mass is 10.2. The van der Waals surface area contributed by atoms with Crippen molar-refractivity contribution in [3.8, 4) is 11.4 Å². The summed E-state index contributed by atoms with van der Waals surface area (Å²) in [7, 11) is 1.57. The third kappa shape index (κ3) is 3.41. The average molecular weight is 467 g/mol. The monoisotopic (exact) mass is 466 g/mol. The molecule has 32 heavy (non-hydrogen) atoms. The van der Waals surface area contributed by atoms with Crippen molar-refractivity contribution in [1.82, 2.24) is 19.2 Å². The molecule has 0 atom stereocenters. The topological polar surface area (TPSA) is 61.4 Å². The Balaban J connectivity index is 1.72. The van der Waals surface area contributed by atoms with E-state index in [1.807, 2.05) is 18.2 Å². The zero-order chi connectivity index (χ0) is 22.2. The second kappa shape index (κ2) is 8.29. The maximum Gasteiger partial charge on any atom is 0.267 e. The lowest BCUT2D eigenvalue weighted by molar-refractivity contribution is 0.414. The maximum atomic E-state index is 14.3. The minimum Gasteiger partial charge on any atom is -0.497 e. The normalized spacial score (nSPS) is 11.3. The van der Waals surface area contributed by atoms with E-state index in [0.29, 0.717) is 43.9 Å². The van der Waals surface area contributed by atoms with Crippen LogP contribution in [0.2, 0.25) is 5.02 Å². The number of hydrogen-bond donors (Lipinski definition) is 0. The fraction of sp³-hybridized carbons (Fsp3) is 0.0870. The maximum absolute atomic E-state index is 14.3. The molecule has 0 saturated carbocycles. The SMILES string of the molecule is COc1cccc(-n2c(=O)c3ccccc3n3c(SCc4c(F)cccc4Cl)nnc23)c1. The van der Waals surface area contributed by atoms with E-state index >= 15 is 0 Å². The van der Waals surface area contributed by atoms with Crippen molar-refractivity contribution in [2.24, 2.45) is 0 Å². The lowest BCUT2D eigenvalue weighted by Gasteiger charge is -2.12. The van der Waals surface area contributed by atoms with Gasteiger partial charge in [0.05, 0.1) is 23.7 Å². The first kappa shape index (κ1) is 20.5. The van der Waals surface area contributed by atoms with Crippen LogP contribution in [-0.2, 0) is 5.75 Å². The van der Waals surface area contributed by atoms with E-state index in [1.54, 1.807) is 54.0 Å². The molecule has 0 aliphatic heterocycles. The van der Waals surface area contributed by atoms with Crippen LogP contribution in [-0.4, -0.2) is 26.3 Å². The van der Waals surface area contributed by atoms with E-state index in [2.05, 4.69) is 10.2 Å². The van der Waals surface area contributed by atoms with E-state index < -0.39 is 0 Å². The van der Waals surface area contributed by atoms with Crippen LogP contribution in [0.25, 0.3) is 22.4 Å². The molecule has 9 heteroatoms. The zero-order valence-corrected chi connectivity index (χ0v) is 18.4. The van der Waals surface area contributed by atoms with Crippen molar-refractivity contribution < 1.29 is 9.13 Å². The molecular formula is C23H16ClFN4O2S. The fourth-order valence-electron chi connectivity index (χ4n) is 3.56. The molecule has 0 unspecified atom stereocenters. The second-order valence-corrected chi connectivity index (χ2v) is 8.32. The van der Waals surface area contributed by atoms with Crippen LogP contribution in [0.5, 0.6) is 5.75 Å². The molecule has 3 aromatic carbocycles. The highest BCUT2D eigenvalue weighted by atomic mass is 35.5. The van der Waals surface area contributed by atoms with Gasteiger partial charge < -0.3 is 4.74 Å². The molecule has 2 heterocycles. The third-order valence-electron chi connectivity index (χ3n) is 5.11. The summed E-state index contributed by atoms with van der Waals surface area (Å²) in [4.78, 5) is 13.4. The van der Waals surface area contributed by atoms with E-state index in [4.69, 9.17) is 16.3 Å². The third-order valence-corrected chi connectivity index (χ3v) is 6.42. The highest BCUT2D eigenvalue weighted by Crippen LogP contribution is 2.30. The predicted molar refractivity (Wildman–Crippen MR) is 124 cm³/mol. The van der Waals surface area contributed by atoms with Gasteiger partial charge in [-0.2, -0.15) is 0 Å². The summed E-state index contributed by atoms with van der Waals surface area (Å²) in [6, 6.07) is 19.0. The van der Waals surface area contributed by atoms with Crippen molar-refractivity contribution in [1.29, 1.82) is 0 Å². The minimum absolute atomic E-state index is 0.220. The molecule has 0 amide bonds. The van der Waals surface area contributed by atoms with Crippen LogP contribution in [0.1, 0.15) is 5.56 Å². The number of para-hydroxylation sites is 1. The molecule has 0 aliphatic rings. The molecular weight excluding hydrogens is 451 g/mol. The molecule has 5 aromatic rings. The number of nitrogens with zero attached hydrogens (tertiary/aromatic N) is 4. The Kier molecular flexibility index (Phi) is 5.32. The van der Waals surface area contributed by atoms with Gasteiger partial charge in [0.1, 0.15) is 11.6 Å². The Morgan fingerprint density at radius 3 is 2.69 bits per heavy atom. The highest BCUT2D eigenvalue weighted by Gasteiger charge is 2.19. The van der Waals surface area contributed by atoms with E-state index in [-0.39, 0.29) is 17.1 Å². The Bertz CT molecular complexity index is 1510. The van der Waals surface area contributed by atoms with E-state index in [0.717, 1.165) is 0 Å². The van der Waals surface area contributed by atoms with Crippen molar-refractivity contribution >= 4 is 40.0 Å². The summed E-state index contributed by atoms with van der Waals surface area (Å²) in [5, 5.41) is 9.99. The number of hydrogen-bond acceptors (Lipinski definition) is 5. The summed E-state index contributed by atoms with van der Waals surface area (Å²) in [5.74, 6) is 0.851. The largest absolute Gasteiger partial charge is 0.497 e. The second-order valence-electron chi connectivity index (χ2n) is 6.97. The number of rotatable bonds is 5. The van der Waals surface area contributed by atoms with Gasteiger partial charge in [0.15, 0.2) is 5.16 Å². The van der Waals surface area contributed by atoms with Gasteiger partial charge in [-0.1, -0.05) is 47.6 Å². The molecule has 0 N–H and O–H groups in total. The first-order valence-corrected chi connectivity index (χ1v) is 11.0. The molecule has 0 radical (unpaired) electrons. The summed E-state index contributed by atoms with van der Waals surface area (Å²) >= 11 is 7.48. The number of thioether (sulfide) groups is 1. The molecule has 0 aliphatic carbocycles. The Morgan fingerprint density at radius 1 is 1.06 bits per heavy atom. The fourth-order valence-corrected chi connectivity index (χ4v) is 4.84. The number of ether oxygens (including phenoxy) is 1. The molecule has 5 rings (SSSR count). The molecule has 0 fully saturated rings. The molecule has 0 saturated heterocycles. The number of methoxy groups -OCH3 is 1. The molecule has 2 aromatic heterocycles. The molecule has 0 bridgehead atoms. The standard InChI is InChI=1S/C23H16ClFN4O2S/c1-31-15-7-4-6-14(12-15)28-21(30)16-8-2-3-11-20(16)29-22(28)26-27-23(29)32-13-17-18(24)9-5-10-19(17)25/h2-12H,13H2,1H3. The van der Waals surface area contributed by atoms with Crippen LogP contribution in [0, 0.1) is 5.82 Å². The number of benzene rings is 3. The van der Waals surface area contributed by atoms with Gasteiger partial charge in [-0.05, 0) is 36.4 Å². The van der Waals surface area contributed by atoms with Gasteiger partial charge in [0.25, 0.3) is 5.56 Å². The number of fused-ring (bicyclic) bond motifs is 3. The van der Waals surface area contributed by atoms with Crippen LogP contribution in [0.4, 0.5) is 4.39 Å². The van der Waals surface area contributed by atoms with Gasteiger partial charge >= 0.3 is 0 Å². The molecule has 160 valence electrons. The van der Waals surface area contributed by atoms with Crippen LogP contribution in [0.15, 0.2) is 76.7 Å². The summed E-state index contributed by atoms with van der Waals surface area (Å²) in [6.45, 7) is 0. The predicted octanol–water partition coefficient (Wildman–Crippen LogP) is 5.13. The van der Waals surface area contributed by atoms with Crippen molar-refractivity contribution in [2.45, 2.75) is 10.9 Å². The van der Waals surface area contributed by atoms with Gasteiger partial charge in [-0.3, -0.25) is 9.20 Å². The van der Waals surface area contributed by atoms with Gasteiger partial charge in [0.2, 0.25) is 5.78 Å². The summed E-state index contributed by atoms with van der Waals surface area (Å²) in [5.41, 5.74) is 1.44. The first-order valence-electron chi connectivity index (χ1n) is 9.67. The first-order chi connectivity index (χ1) is 15.6. The van der Waals surface area contributed by atoms with Gasteiger partial charge in [-0.25, -0.2) is 8.96 Å². The number of aromatic nitrogens is 4. The summed E-state index contributed by atoms with van der Waals surface area (Å²) < 4.78 is 22.9. The van der Waals surface area contributed by atoms with E-state index in [1.165, 1.54) is 22.4 Å². The minimum atomic E-state index is -0.378. The van der Waals surface area contributed by atoms with Crippen molar-refractivity contribution in [3.05, 3.63) is 93.5 Å². The van der Waals surface area contributed by atoms with Crippen molar-refractivity contribution in [2.75, 3.05) is 7.11 Å². The van der Waals surface area contributed by atoms with E-state index in [9.17, 15) is 9.18 Å². The van der Waals surface area contributed by atoms with Gasteiger partial charge in [-0.15, -0.1) is 10.2 Å². The smallest absolute Gasteiger partial charge is 0.267 e. The van der Waals surface area contributed by atoms with Gasteiger partial charge in [0, 0.05) is 22.4 Å². The average Bonchev–Trinajstić information content (AvgIpc) is 3.23. The molecule has 6 nitrogen and oxygen atoms in total. The quantitative estimate of drug-likeness (QED) is 0.336. The Morgan fingerprint density at radius 2 is 1.88 bits per heavy atom. The Hall–Kier alpha value is -3.36. The van der Waals surface area contributed by atoms with Crippen LogP contribution >= 0.6 is 23.4 Å². The Labute approximate surface area is 191 Å². The van der Waals surface area contributed by atoms with Crippen LogP contribution < -0.4 is 10.3 Å². The van der Waals surface area contributed by atoms with Crippen LogP contribution in [0.3, 0.4) is 0 Å². The molecule has 0 spiro atoms.